The lowest BCUT2D eigenvalue weighted by Gasteiger charge is -2.23. The summed E-state index contributed by atoms with van der Waals surface area (Å²) in [6.07, 6.45) is 4.21. The van der Waals surface area contributed by atoms with Crippen molar-refractivity contribution in [1.29, 1.82) is 0 Å². The van der Waals surface area contributed by atoms with E-state index in [1.807, 2.05) is 29.0 Å². The Balaban J connectivity index is 1.47. The number of benzene rings is 3. The Bertz CT molecular complexity index is 2140. The van der Waals surface area contributed by atoms with Gasteiger partial charge in [-0.05, 0) is 86.9 Å². The first-order valence-corrected chi connectivity index (χ1v) is 15.2. The second kappa shape index (κ2) is 9.44. The molecule has 0 saturated carbocycles. The maximum absolute atomic E-state index is 12.7. The van der Waals surface area contributed by atoms with E-state index in [0.717, 1.165) is 59.1 Å². The lowest BCUT2D eigenvalue weighted by atomic mass is 9.89. The topological polar surface area (TPSA) is 119 Å². The van der Waals surface area contributed by atoms with E-state index in [1.54, 1.807) is 41.4 Å². The SMILES string of the molecule is CNS(=O)(=O)c1ccc2nc(-c3c[nH]c4cc(C5CCNCC5)ccc34)n(-c3ccc4c(c3)n(C)c(=O)n4C)c2c1. The number of sulfonamides is 1. The maximum Gasteiger partial charge on any atom is 0.328 e. The van der Waals surface area contributed by atoms with Gasteiger partial charge in [-0.3, -0.25) is 13.7 Å². The molecule has 7 rings (SSSR count). The van der Waals surface area contributed by atoms with Gasteiger partial charge in [0.2, 0.25) is 10.0 Å². The van der Waals surface area contributed by atoms with Crippen molar-refractivity contribution in [2.75, 3.05) is 20.1 Å². The molecule has 6 aromatic rings. The van der Waals surface area contributed by atoms with E-state index >= 15 is 0 Å². The molecular weight excluding hydrogens is 538 g/mol. The number of hydrogen-bond donors (Lipinski definition) is 3. The number of aromatic amines is 1. The molecule has 1 saturated heterocycles. The standard InChI is InChI=1S/C30H31N7O3S/c1-31-41(39,40)21-6-8-24-27(16-21)37(20-5-9-26-28(15-20)36(3)30(38)35(26)2)29(34-24)23-17-33-25-14-19(4-7-22(23)25)18-10-12-32-13-11-18/h4-9,14-18,31-33H,10-13H2,1-3H3. The number of nitrogens with one attached hydrogen (secondary N) is 3. The summed E-state index contributed by atoms with van der Waals surface area (Å²) < 4.78 is 33.1. The summed E-state index contributed by atoms with van der Waals surface area (Å²) in [6, 6.07) is 17.4. The molecule has 0 amide bonds. The Morgan fingerprint density at radius 1 is 0.927 bits per heavy atom. The van der Waals surface area contributed by atoms with Crippen molar-refractivity contribution in [2.45, 2.75) is 23.7 Å². The van der Waals surface area contributed by atoms with Gasteiger partial charge >= 0.3 is 5.69 Å². The van der Waals surface area contributed by atoms with E-state index in [1.165, 1.54) is 12.6 Å². The van der Waals surface area contributed by atoms with Crippen LogP contribution in [0.3, 0.4) is 0 Å². The molecule has 1 fully saturated rings. The van der Waals surface area contributed by atoms with Crippen molar-refractivity contribution in [1.82, 2.24) is 33.7 Å². The predicted octanol–water partition coefficient (Wildman–Crippen LogP) is 3.74. The van der Waals surface area contributed by atoms with Gasteiger partial charge in [-0.1, -0.05) is 12.1 Å². The van der Waals surface area contributed by atoms with Crippen LogP contribution in [0.5, 0.6) is 0 Å². The van der Waals surface area contributed by atoms with Crippen molar-refractivity contribution in [3.63, 3.8) is 0 Å². The number of nitrogens with zero attached hydrogens (tertiary/aromatic N) is 4. The van der Waals surface area contributed by atoms with Gasteiger partial charge in [-0.25, -0.2) is 22.9 Å². The van der Waals surface area contributed by atoms with Crippen LogP contribution in [0.4, 0.5) is 0 Å². The molecule has 3 aromatic carbocycles. The molecule has 0 atom stereocenters. The highest BCUT2D eigenvalue weighted by Crippen LogP contribution is 2.36. The molecule has 3 aromatic heterocycles. The molecule has 10 nitrogen and oxygen atoms in total. The first-order chi connectivity index (χ1) is 19.8. The third-order valence-electron chi connectivity index (χ3n) is 8.48. The fraction of sp³-hybridized carbons (Fsp3) is 0.267. The molecule has 0 spiro atoms. The summed E-state index contributed by atoms with van der Waals surface area (Å²) in [5.41, 5.74) is 6.83. The highest BCUT2D eigenvalue weighted by atomic mass is 32.2. The molecular formula is C30H31N7O3S. The van der Waals surface area contributed by atoms with Gasteiger partial charge in [0.05, 0.1) is 27.0 Å². The number of fused-ring (bicyclic) bond motifs is 3. The Labute approximate surface area is 236 Å². The fourth-order valence-electron chi connectivity index (χ4n) is 6.15. The number of aromatic nitrogens is 5. The summed E-state index contributed by atoms with van der Waals surface area (Å²) in [4.78, 5) is 21.3. The van der Waals surface area contributed by atoms with E-state index in [4.69, 9.17) is 4.98 Å². The van der Waals surface area contributed by atoms with Crippen LogP contribution in [0, 0.1) is 0 Å². The molecule has 0 radical (unpaired) electrons. The number of hydrogen-bond acceptors (Lipinski definition) is 5. The molecule has 1 aliphatic heterocycles. The van der Waals surface area contributed by atoms with Crippen molar-refractivity contribution in [3.05, 3.63) is 76.8 Å². The van der Waals surface area contributed by atoms with Gasteiger partial charge in [-0.2, -0.15) is 0 Å². The number of H-pyrrole nitrogens is 1. The Kier molecular flexibility index (Phi) is 5.93. The van der Waals surface area contributed by atoms with Crippen molar-refractivity contribution >= 4 is 43.0 Å². The first kappa shape index (κ1) is 25.8. The average Bonchev–Trinajstić information content (AvgIpc) is 3.66. The highest BCUT2D eigenvalue weighted by Gasteiger charge is 2.22. The first-order valence-electron chi connectivity index (χ1n) is 13.7. The molecule has 41 heavy (non-hydrogen) atoms. The van der Waals surface area contributed by atoms with E-state index in [-0.39, 0.29) is 10.6 Å². The molecule has 1 aliphatic rings. The Morgan fingerprint density at radius 2 is 1.71 bits per heavy atom. The van der Waals surface area contributed by atoms with Crippen LogP contribution in [0.25, 0.3) is 50.0 Å². The second-order valence-electron chi connectivity index (χ2n) is 10.7. The van der Waals surface area contributed by atoms with E-state index in [2.05, 4.69) is 33.2 Å². The zero-order chi connectivity index (χ0) is 28.5. The summed E-state index contributed by atoms with van der Waals surface area (Å²) in [5, 5.41) is 4.47. The molecule has 4 heterocycles. The molecule has 0 aliphatic carbocycles. The smallest absolute Gasteiger partial charge is 0.328 e. The van der Waals surface area contributed by atoms with Crippen molar-refractivity contribution in [2.24, 2.45) is 14.1 Å². The normalized spacial score (nSPS) is 15.0. The summed E-state index contributed by atoms with van der Waals surface area (Å²) in [7, 11) is 1.22. The molecule has 210 valence electrons. The minimum absolute atomic E-state index is 0.114. The zero-order valence-corrected chi connectivity index (χ0v) is 23.9. The Hall–Kier alpha value is -4.19. The van der Waals surface area contributed by atoms with Gasteiger partial charge in [0.25, 0.3) is 0 Å². The predicted molar refractivity (Wildman–Crippen MR) is 161 cm³/mol. The van der Waals surface area contributed by atoms with Crippen LogP contribution < -0.4 is 15.7 Å². The Morgan fingerprint density at radius 3 is 2.49 bits per heavy atom. The third-order valence-corrected chi connectivity index (χ3v) is 9.89. The minimum atomic E-state index is -3.68. The van der Waals surface area contributed by atoms with Gasteiger partial charge in [0.15, 0.2) is 0 Å². The second-order valence-corrected chi connectivity index (χ2v) is 12.6. The minimum Gasteiger partial charge on any atom is -0.360 e. The van der Waals surface area contributed by atoms with E-state index < -0.39 is 10.0 Å². The lowest BCUT2D eigenvalue weighted by molar-refractivity contribution is 0.460. The number of aryl methyl sites for hydroxylation is 2. The third kappa shape index (κ3) is 4.03. The number of rotatable bonds is 5. The zero-order valence-electron chi connectivity index (χ0n) is 23.1. The van der Waals surface area contributed by atoms with Crippen LogP contribution in [-0.4, -0.2) is 52.2 Å². The monoisotopic (exact) mass is 569 g/mol. The largest absolute Gasteiger partial charge is 0.360 e. The molecule has 0 unspecified atom stereocenters. The van der Waals surface area contributed by atoms with Crippen molar-refractivity contribution < 1.29 is 8.42 Å². The molecule has 0 bridgehead atoms. The molecule has 3 N–H and O–H groups in total. The average molecular weight is 570 g/mol. The molecule has 11 heteroatoms. The van der Waals surface area contributed by atoms with Gasteiger partial charge < -0.3 is 10.3 Å². The van der Waals surface area contributed by atoms with Crippen LogP contribution in [0.2, 0.25) is 0 Å². The maximum atomic E-state index is 12.7. The van der Waals surface area contributed by atoms with Crippen LogP contribution in [-0.2, 0) is 24.1 Å². The summed E-state index contributed by atoms with van der Waals surface area (Å²) in [6.45, 7) is 2.07. The number of imidazole rings is 2. The lowest BCUT2D eigenvalue weighted by Crippen LogP contribution is -2.26. The summed E-state index contributed by atoms with van der Waals surface area (Å²) in [5.74, 6) is 1.22. The van der Waals surface area contributed by atoms with E-state index in [9.17, 15) is 13.2 Å². The fourth-order valence-corrected chi connectivity index (χ4v) is 6.90. The van der Waals surface area contributed by atoms with Gasteiger partial charge in [0, 0.05) is 42.4 Å². The van der Waals surface area contributed by atoms with Crippen LogP contribution >= 0.6 is 0 Å². The summed E-state index contributed by atoms with van der Waals surface area (Å²) >= 11 is 0. The highest BCUT2D eigenvalue weighted by molar-refractivity contribution is 7.89. The number of piperidine rings is 1. The van der Waals surface area contributed by atoms with Gasteiger partial charge in [-0.15, -0.1) is 0 Å². The van der Waals surface area contributed by atoms with Crippen LogP contribution in [0.15, 0.2) is 70.5 Å². The van der Waals surface area contributed by atoms with Crippen LogP contribution in [0.1, 0.15) is 24.3 Å². The van der Waals surface area contributed by atoms with Gasteiger partial charge in [0.1, 0.15) is 5.82 Å². The van der Waals surface area contributed by atoms with Crippen molar-refractivity contribution in [3.8, 4) is 17.1 Å². The van der Waals surface area contributed by atoms with E-state index in [0.29, 0.717) is 22.8 Å². The quantitative estimate of drug-likeness (QED) is 0.292.